The molecule has 4 nitrogen and oxygen atoms in total. The van der Waals surface area contributed by atoms with Crippen LogP contribution in [0.2, 0.25) is 5.02 Å². The van der Waals surface area contributed by atoms with Crippen molar-refractivity contribution < 1.29 is 9.53 Å². The number of allylic oxidation sites excluding steroid dienone is 1. The minimum Gasteiger partial charge on any atom is -0.492 e. The van der Waals surface area contributed by atoms with Crippen molar-refractivity contribution in [3.8, 4) is 5.75 Å². The Hall–Kier alpha value is -2.37. The van der Waals surface area contributed by atoms with Crippen LogP contribution in [-0.2, 0) is 0 Å². The van der Waals surface area contributed by atoms with E-state index in [9.17, 15) is 4.79 Å². The normalized spacial score (nSPS) is 16.6. The fraction of sp³-hybridized carbons (Fsp3) is 0.304. The Kier molecular flexibility index (Phi) is 6.93. The first-order chi connectivity index (χ1) is 14.0. The summed E-state index contributed by atoms with van der Waals surface area (Å²) in [7, 11) is 0. The number of ether oxygens (including phenoxy) is 1. The predicted molar refractivity (Wildman–Crippen MR) is 122 cm³/mol. The summed E-state index contributed by atoms with van der Waals surface area (Å²) in [6.45, 7) is 7.29. The summed E-state index contributed by atoms with van der Waals surface area (Å²) < 4.78 is 5.68. The van der Waals surface area contributed by atoms with Crippen molar-refractivity contribution in [2.24, 2.45) is 0 Å². The Balaban J connectivity index is 2.06. The van der Waals surface area contributed by atoms with Gasteiger partial charge in [0.25, 0.3) is 0 Å². The van der Waals surface area contributed by atoms with Crippen molar-refractivity contribution in [2.75, 3.05) is 13.2 Å². The number of benzene rings is 2. The number of Topliss-reactive ketones (excluding diaryl/α,β-unsaturated/α-hetero) is 1. The second-order valence-corrected chi connectivity index (χ2v) is 7.65. The van der Waals surface area contributed by atoms with Crippen LogP contribution in [0.4, 0.5) is 0 Å². The molecule has 0 aliphatic carbocycles. The first-order valence-corrected chi connectivity index (χ1v) is 10.6. The average Bonchev–Trinajstić information content (AvgIpc) is 2.73. The lowest BCUT2D eigenvalue weighted by Gasteiger charge is -2.37. The van der Waals surface area contributed by atoms with Crippen LogP contribution in [-0.4, -0.2) is 28.9 Å². The van der Waals surface area contributed by atoms with E-state index >= 15 is 0 Å². The summed E-state index contributed by atoms with van der Waals surface area (Å²) in [6.07, 6.45) is 0.904. The van der Waals surface area contributed by atoms with Crippen molar-refractivity contribution >= 4 is 34.7 Å². The van der Waals surface area contributed by atoms with Crippen molar-refractivity contribution in [1.29, 1.82) is 0 Å². The molecule has 0 saturated carbocycles. The van der Waals surface area contributed by atoms with Crippen molar-refractivity contribution in [3.63, 3.8) is 0 Å². The molecule has 2 aromatic rings. The molecule has 1 unspecified atom stereocenters. The fourth-order valence-electron chi connectivity index (χ4n) is 3.48. The van der Waals surface area contributed by atoms with E-state index in [1.165, 1.54) is 0 Å². The number of rotatable bonds is 7. The fourth-order valence-corrected chi connectivity index (χ4v) is 4.10. The number of carbonyl (C=O) groups excluding carboxylic acids is 1. The van der Waals surface area contributed by atoms with Gasteiger partial charge < -0.3 is 15.0 Å². The number of nitrogens with zero attached hydrogens (tertiary/aromatic N) is 1. The van der Waals surface area contributed by atoms with Gasteiger partial charge in [0.2, 0.25) is 0 Å². The predicted octanol–water partition coefficient (Wildman–Crippen LogP) is 5.54. The zero-order valence-electron chi connectivity index (χ0n) is 16.9. The van der Waals surface area contributed by atoms with Gasteiger partial charge in [-0.3, -0.25) is 4.79 Å². The number of hydrogen-bond acceptors (Lipinski definition) is 3. The molecule has 0 radical (unpaired) electrons. The van der Waals surface area contributed by atoms with Gasteiger partial charge in [-0.2, -0.15) is 0 Å². The SMILES string of the molecule is CCCOc1ccc(C2NC(=S)N(CC)C(C)=C2C(=O)c2ccccc2)cc1Cl. The molecule has 152 valence electrons. The molecule has 1 N–H and O–H groups in total. The summed E-state index contributed by atoms with van der Waals surface area (Å²) in [6, 6.07) is 14.6. The van der Waals surface area contributed by atoms with Crippen LogP contribution in [0.3, 0.4) is 0 Å². The quantitative estimate of drug-likeness (QED) is 0.463. The van der Waals surface area contributed by atoms with E-state index in [4.69, 9.17) is 28.6 Å². The summed E-state index contributed by atoms with van der Waals surface area (Å²) in [4.78, 5) is 15.4. The van der Waals surface area contributed by atoms with Crippen LogP contribution in [0.1, 0.15) is 49.2 Å². The standard InChI is InChI=1S/C23H25ClN2O2S/c1-4-13-28-19-12-11-17(14-18(19)24)21-20(15(3)26(5-2)23(29)25-21)22(27)16-9-7-6-8-10-16/h6-12,14,21H,4-5,13H2,1-3H3,(H,25,29). The number of carbonyl (C=O) groups is 1. The number of halogens is 1. The van der Waals surface area contributed by atoms with Gasteiger partial charge in [0, 0.05) is 23.4 Å². The highest BCUT2D eigenvalue weighted by atomic mass is 35.5. The smallest absolute Gasteiger partial charge is 0.193 e. The Morgan fingerprint density at radius 2 is 1.93 bits per heavy atom. The monoisotopic (exact) mass is 428 g/mol. The van der Waals surface area contributed by atoms with Gasteiger partial charge in [0.05, 0.1) is 17.7 Å². The molecule has 3 rings (SSSR count). The van der Waals surface area contributed by atoms with Gasteiger partial charge in [0.15, 0.2) is 10.9 Å². The maximum absolute atomic E-state index is 13.4. The summed E-state index contributed by atoms with van der Waals surface area (Å²) >= 11 is 12.0. The molecule has 0 aromatic heterocycles. The number of thiocarbonyl (C=S) groups is 1. The third-order valence-corrected chi connectivity index (χ3v) is 5.58. The highest BCUT2D eigenvalue weighted by molar-refractivity contribution is 7.80. The van der Waals surface area contributed by atoms with E-state index < -0.39 is 0 Å². The van der Waals surface area contributed by atoms with Crippen molar-refractivity contribution in [3.05, 3.63) is 76.0 Å². The van der Waals surface area contributed by atoms with Gasteiger partial charge >= 0.3 is 0 Å². The third kappa shape index (κ3) is 4.46. The lowest BCUT2D eigenvalue weighted by atomic mass is 9.89. The van der Waals surface area contributed by atoms with E-state index in [2.05, 4.69) is 5.32 Å². The number of hydrogen-bond donors (Lipinski definition) is 1. The Morgan fingerprint density at radius 3 is 2.55 bits per heavy atom. The van der Waals surface area contributed by atoms with Crippen LogP contribution in [0.5, 0.6) is 5.75 Å². The highest BCUT2D eigenvalue weighted by Crippen LogP contribution is 2.36. The van der Waals surface area contributed by atoms with Crippen LogP contribution in [0.15, 0.2) is 59.8 Å². The number of nitrogens with one attached hydrogen (secondary N) is 1. The van der Waals surface area contributed by atoms with E-state index in [0.29, 0.717) is 40.2 Å². The molecule has 0 bridgehead atoms. The minimum absolute atomic E-state index is 0.0241. The second kappa shape index (κ2) is 9.42. The molecule has 0 amide bonds. The van der Waals surface area contributed by atoms with Crippen LogP contribution >= 0.6 is 23.8 Å². The number of ketones is 1. The maximum atomic E-state index is 13.4. The molecular weight excluding hydrogens is 404 g/mol. The summed E-state index contributed by atoms with van der Waals surface area (Å²) in [5.74, 6) is 0.617. The topological polar surface area (TPSA) is 41.6 Å². The van der Waals surface area contributed by atoms with E-state index in [-0.39, 0.29) is 11.8 Å². The molecule has 1 atom stereocenters. The first-order valence-electron chi connectivity index (χ1n) is 9.78. The maximum Gasteiger partial charge on any atom is 0.193 e. The lowest BCUT2D eigenvalue weighted by molar-refractivity contribution is 0.102. The lowest BCUT2D eigenvalue weighted by Crippen LogP contribution is -2.47. The second-order valence-electron chi connectivity index (χ2n) is 6.86. The van der Waals surface area contributed by atoms with E-state index in [1.807, 2.05) is 74.2 Å². The molecule has 0 fully saturated rings. The first kappa shape index (κ1) is 21.3. The molecule has 6 heteroatoms. The minimum atomic E-state index is -0.379. The molecule has 1 heterocycles. The molecule has 1 aliphatic rings. The Morgan fingerprint density at radius 1 is 1.21 bits per heavy atom. The molecule has 29 heavy (non-hydrogen) atoms. The van der Waals surface area contributed by atoms with Crippen LogP contribution in [0, 0.1) is 0 Å². The van der Waals surface area contributed by atoms with Gasteiger partial charge in [0.1, 0.15) is 5.75 Å². The average molecular weight is 429 g/mol. The van der Waals surface area contributed by atoms with Crippen molar-refractivity contribution in [2.45, 2.75) is 33.2 Å². The van der Waals surface area contributed by atoms with Crippen LogP contribution in [0.25, 0.3) is 0 Å². The van der Waals surface area contributed by atoms with Crippen molar-refractivity contribution in [1.82, 2.24) is 10.2 Å². The van der Waals surface area contributed by atoms with Gasteiger partial charge in [-0.25, -0.2) is 0 Å². The molecular formula is C23H25ClN2O2S. The molecule has 0 spiro atoms. The Bertz CT molecular complexity index is 943. The zero-order valence-corrected chi connectivity index (χ0v) is 18.4. The molecule has 1 aliphatic heterocycles. The van der Waals surface area contributed by atoms with E-state index in [1.54, 1.807) is 0 Å². The van der Waals surface area contributed by atoms with Crippen LogP contribution < -0.4 is 10.1 Å². The Labute approximate surface area is 182 Å². The molecule has 2 aromatic carbocycles. The van der Waals surface area contributed by atoms with E-state index in [0.717, 1.165) is 17.7 Å². The highest BCUT2D eigenvalue weighted by Gasteiger charge is 2.33. The molecule has 0 saturated heterocycles. The zero-order chi connectivity index (χ0) is 21.0. The van der Waals surface area contributed by atoms with Gasteiger partial charge in [-0.05, 0) is 50.2 Å². The summed E-state index contributed by atoms with van der Waals surface area (Å²) in [5, 5.41) is 4.45. The largest absolute Gasteiger partial charge is 0.492 e. The van der Waals surface area contributed by atoms with Gasteiger partial charge in [-0.1, -0.05) is 54.9 Å². The third-order valence-electron chi connectivity index (χ3n) is 4.94. The van der Waals surface area contributed by atoms with Gasteiger partial charge in [-0.15, -0.1) is 0 Å². The summed E-state index contributed by atoms with van der Waals surface area (Å²) in [5.41, 5.74) is 3.05.